The summed E-state index contributed by atoms with van der Waals surface area (Å²) >= 11 is 0. The molecular weight excluding hydrogens is 116 g/mol. The van der Waals surface area contributed by atoms with Gasteiger partial charge in [0.2, 0.25) is 6.29 Å². The molecule has 1 N–H and O–H groups in total. The molecule has 1 unspecified atom stereocenters. The third-order valence-corrected chi connectivity index (χ3v) is 0.833. The molecule has 0 spiro atoms. The minimum Gasteiger partial charge on any atom is -0.415 e. The van der Waals surface area contributed by atoms with E-state index in [4.69, 9.17) is 5.11 Å². The van der Waals surface area contributed by atoms with E-state index in [1.165, 1.54) is 0 Å². The minimum absolute atomic E-state index is 0.648. The topological polar surface area (TPSA) is 29.5 Å². The summed E-state index contributed by atoms with van der Waals surface area (Å²) < 4.78 is 4.63. The highest BCUT2D eigenvalue weighted by atomic mass is 16.6. The van der Waals surface area contributed by atoms with Crippen LogP contribution < -0.4 is 0 Å². The summed E-state index contributed by atoms with van der Waals surface area (Å²) in [5, 5.41) is 8.86. The normalized spacial score (nSPS) is 11.4. The number of rotatable bonds is 3. The molecule has 1 atom stereocenters. The Morgan fingerprint density at radius 3 is 2.78 bits per heavy atom. The van der Waals surface area contributed by atoms with Crippen LogP contribution in [0.25, 0.3) is 0 Å². The summed E-state index contributed by atoms with van der Waals surface area (Å²) in [5.41, 5.74) is 0. The van der Waals surface area contributed by atoms with Gasteiger partial charge in [0, 0.05) is 13.3 Å². The zero-order chi connectivity index (χ0) is 7.11. The van der Waals surface area contributed by atoms with Gasteiger partial charge in [0.25, 0.3) is 0 Å². The molecule has 9 heavy (non-hydrogen) atoms. The smallest absolute Gasteiger partial charge is 0.207 e. The standard InChI is InChI=1S/C7H12O2/c1-3-5-7(8)9-6-4-2/h7-8H,3,5H2,1-2H3. The van der Waals surface area contributed by atoms with Crippen LogP contribution in [0.2, 0.25) is 0 Å². The molecule has 0 aromatic carbocycles. The van der Waals surface area contributed by atoms with Gasteiger partial charge >= 0.3 is 0 Å². The van der Waals surface area contributed by atoms with E-state index in [1.807, 2.05) is 6.92 Å². The van der Waals surface area contributed by atoms with Crippen LogP contribution in [0.5, 0.6) is 0 Å². The van der Waals surface area contributed by atoms with E-state index in [0.717, 1.165) is 6.42 Å². The first-order chi connectivity index (χ1) is 4.31. The number of aliphatic hydroxyl groups is 1. The summed E-state index contributed by atoms with van der Waals surface area (Å²) in [6, 6.07) is 0. The predicted molar refractivity (Wildman–Crippen MR) is 35.4 cm³/mol. The largest absolute Gasteiger partial charge is 0.415 e. The Labute approximate surface area is 55.8 Å². The van der Waals surface area contributed by atoms with Gasteiger partial charge < -0.3 is 9.84 Å². The molecular formula is C7H12O2. The van der Waals surface area contributed by atoms with Crippen molar-refractivity contribution in [2.24, 2.45) is 0 Å². The molecule has 0 radical (unpaired) electrons. The van der Waals surface area contributed by atoms with Crippen molar-refractivity contribution in [3.8, 4) is 12.0 Å². The average Bonchev–Trinajstić information content (AvgIpc) is 1.85. The first-order valence-corrected chi connectivity index (χ1v) is 3.06. The zero-order valence-corrected chi connectivity index (χ0v) is 5.85. The highest BCUT2D eigenvalue weighted by molar-refractivity contribution is 4.85. The van der Waals surface area contributed by atoms with Crippen LogP contribution in [-0.2, 0) is 4.74 Å². The monoisotopic (exact) mass is 128 g/mol. The number of hydrogen-bond acceptors (Lipinski definition) is 2. The van der Waals surface area contributed by atoms with Gasteiger partial charge in [-0.15, -0.1) is 0 Å². The highest BCUT2D eigenvalue weighted by Gasteiger charge is 1.97. The Kier molecular flexibility index (Phi) is 5.04. The first-order valence-electron chi connectivity index (χ1n) is 3.06. The average molecular weight is 128 g/mol. The number of hydrogen-bond donors (Lipinski definition) is 1. The summed E-state index contributed by atoms with van der Waals surface area (Å²) in [6.07, 6.45) is 3.18. The van der Waals surface area contributed by atoms with Gasteiger partial charge in [-0.05, 0) is 0 Å². The molecule has 0 amide bonds. The van der Waals surface area contributed by atoms with Crippen LogP contribution in [0.4, 0.5) is 0 Å². The summed E-state index contributed by atoms with van der Waals surface area (Å²) in [5.74, 6) is 2.52. The molecule has 2 nitrogen and oxygen atoms in total. The Bertz CT molecular complexity index is 110. The van der Waals surface area contributed by atoms with Crippen LogP contribution in [0.3, 0.4) is 0 Å². The summed E-state index contributed by atoms with van der Waals surface area (Å²) in [7, 11) is 0. The lowest BCUT2D eigenvalue weighted by Crippen LogP contribution is -2.06. The van der Waals surface area contributed by atoms with E-state index in [2.05, 4.69) is 16.8 Å². The quantitative estimate of drug-likeness (QED) is 0.455. The lowest BCUT2D eigenvalue weighted by molar-refractivity contribution is -0.0451. The van der Waals surface area contributed by atoms with Crippen LogP contribution in [0.15, 0.2) is 0 Å². The predicted octanol–water partition coefficient (Wildman–Crippen LogP) is 1.10. The van der Waals surface area contributed by atoms with Gasteiger partial charge in [0.15, 0.2) is 0 Å². The molecule has 0 aliphatic rings. The molecule has 0 saturated carbocycles. The van der Waals surface area contributed by atoms with Crippen LogP contribution in [-0.4, -0.2) is 11.4 Å². The lowest BCUT2D eigenvalue weighted by Gasteiger charge is -2.03. The molecule has 0 bridgehead atoms. The third-order valence-electron chi connectivity index (χ3n) is 0.833. The van der Waals surface area contributed by atoms with Gasteiger partial charge in [0.05, 0.1) is 0 Å². The van der Waals surface area contributed by atoms with Crippen molar-refractivity contribution in [2.45, 2.75) is 33.0 Å². The summed E-state index contributed by atoms with van der Waals surface area (Å²) in [4.78, 5) is 0. The van der Waals surface area contributed by atoms with Gasteiger partial charge in [-0.2, -0.15) is 0 Å². The van der Waals surface area contributed by atoms with Crippen molar-refractivity contribution in [3.05, 3.63) is 0 Å². The van der Waals surface area contributed by atoms with Gasteiger partial charge in [-0.25, -0.2) is 0 Å². The van der Waals surface area contributed by atoms with Gasteiger partial charge in [-0.3, -0.25) is 0 Å². The van der Waals surface area contributed by atoms with E-state index in [9.17, 15) is 0 Å². The van der Waals surface area contributed by atoms with Gasteiger partial charge in [-0.1, -0.05) is 19.3 Å². The zero-order valence-electron chi connectivity index (χ0n) is 5.85. The third kappa shape index (κ3) is 5.19. The van der Waals surface area contributed by atoms with E-state index in [-0.39, 0.29) is 0 Å². The van der Waals surface area contributed by atoms with Gasteiger partial charge in [0.1, 0.15) is 6.11 Å². The van der Waals surface area contributed by atoms with Crippen molar-refractivity contribution in [2.75, 3.05) is 0 Å². The molecule has 52 valence electrons. The van der Waals surface area contributed by atoms with Crippen molar-refractivity contribution >= 4 is 0 Å². The van der Waals surface area contributed by atoms with E-state index >= 15 is 0 Å². The molecule has 0 aliphatic carbocycles. The molecule has 0 heterocycles. The first kappa shape index (κ1) is 8.32. The molecule has 0 fully saturated rings. The Balaban J connectivity index is 3.22. The molecule has 2 heteroatoms. The molecule has 0 rings (SSSR count). The molecule has 0 aromatic rings. The van der Waals surface area contributed by atoms with Crippen LogP contribution in [0.1, 0.15) is 26.7 Å². The van der Waals surface area contributed by atoms with Crippen LogP contribution >= 0.6 is 0 Å². The second-order valence-electron chi connectivity index (χ2n) is 1.71. The number of aliphatic hydroxyl groups excluding tert-OH is 1. The maximum Gasteiger partial charge on any atom is 0.207 e. The van der Waals surface area contributed by atoms with Crippen LogP contribution in [0, 0.1) is 12.0 Å². The summed E-state index contributed by atoms with van der Waals surface area (Å²) in [6.45, 7) is 3.64. The fourth-order valence-corrected chi connectivity index (χ4v) is 0.433. The van der Waals surface area contributed by atoms with E-state index in [1.54, 1.807) is 6.92 Å². The van der Waals surface area contributed by atoms with Crippen molar-refractivity contribution in [1.82, 2.24) is 0 Å². The van der Waals surface area contributed by atoms with E-state index in [0.29, 0.717) is 6.42 Å². The van der Waals surface area contributed by atoms with E-state index < -0.39 is 6.29 Å². The highest BCUT2D eigenvalue weighted by Crippen LogP contribution is 1.95. The second-order valence-corrected chi connectivity index (χ2v) is 1.71. The molecule has 0 saturated heterocycles. The molecule has 0 aromatic heterocycles. The number of ether oxygens (including phenoxy) is 1. The lowest BCUT2D eigenvalue weighted by atomic mass is 10.3. The van der Waals surface area contributed by atoms with Crippen molar-refractivity contribution in [3.63, 3.8) is 0 Å². The Morgan fingerprint density at radius 1 is 1.67 bits per heavy atom. The fraction of sp³-hybridized carbons (Fsp3) is 0.714. The second kappa shape index (κ2) is 5.46. The van der Waals surface area contributed by atoms with Crippen molar-refractivity contribution in [1.29, 1.82) is 0 Å². The fourth-order valence-electron chi connectivity index (χ4n) is 0.433. The SMILES string of the molecule is CC#COC(O)CCC. The molecule has 0 aliphatic heterocycles. The Hall–Kier alpha value is -0.680. The minimum atomic E-state index is -0.706. The van der Waals surface area contributed by atoms with Crippen molar-refractivity contribution < 1.29 is 9.84 Å². The maximum absolute atomic E-state index is 8.86. The maximum atomic E-state index is 8.86. The Morgan fingerprint density at radius 2 is 2.33 bits per heavy atom.